The van der Waals surface area contributed by atoms with E-state index in [1.807, 2.05) is 0 Å². The van der Waals surface area contributed by atoms with Gasteiger partial charge < -0.3 is 15.2 Å². The molecule has 2 aliphatic heterocycles. The van der Waals surface area contributed by atoms with Crippen LogP contribution in [0.5, 0.6) is 0 Å². The first-order valence-electron chi connectivity index (χ1n) is 13.1. The summed E-state index contributed by atoms with van der Waals surface area (Å²) in [6, 6.07) is 30.5. The van der Waals surface area contributed by atoms with Crippen LogP contribution in [0, 0.1) is 0 Å². The van der Waals surface area contributed by atoms with Crippen molar-refractivity contribution in [1.29, 1.82) is 0 Å². The summed E-state index contributed by atoms with van der Waals surface area (Å²) in [5.41, 5.74) is 5.26. The van der Waals surface area contributed by atoms with Gasteiger partial charge >= 0.3 is 6.03 Å². The van der Waals surface area contributed by atoms with Crippen LogP contribution in [0.2, 0.25) is 0 Å². The molecule has 0 aliphatic carbocycles. The molecule has 0 saturated carbocycles. The van der Waals surface area contributed by atoms with Crippen molar-refractivity contribution in [2.45, 2.75) is 32.4 Å². The maximum absolute atomic E-state index is 11.9. The number of hydroxylamine groups is 2. The fraction of sp³-hybridized carbons (Fsp3) is 0.200. The molecule has 0 spiro atoms. The summed E-state index contributed by atoms with van der Waals surface area (Å²) < 4.78 is 36.0. The molecule has 41 heavy (non-hydrogen) atoms. The number of hydrogen-bond acceptors (Lipinski definition) is 6. The van der Waals surface area contributed by atoms with E-state index in [0.29, 0.717) is 11.5 Å². The summed E-state index contributed by atoms with van der Waals surface area (Å²) in [7, 11) is -6.84. The third-order valence-electron chi connectivity index (χ3n) is 6.96. The Kier molecular flexibility index (Phi) is 9.40. The van der Waals surface area contributed by atoms with Gasteiger partial charge in [-0.15, -0.1) is 0 Å². The normalized spacial score (nSPS) is 18.6. The van der Waals surface area contributed by atoms with Crippen LogP contribution in [0.4, 0.5) is 4.79 Å². The zero-order valence-corrected chi connectivity index (χ0v) is 24.4. The van der Waals surface area contributed by atoms with Gasteiger partial charge in [0.25, 0.3) is 0 Å². The van der Waals surface area contributed by atoms with Crippen molar-refractivity contribution in [2.75, 3.05) is 6.54 Å². The molecule has 5 rings (SSSR count). The first-order chi connectivity index (χ1) is 19.6. The maximum atomic E-state index is 11.9. The molecule has 2 aliphatic rings. The molecule has 214 valence electrons. The lowest BCUT2D eigenvalue weighted by molar-refractivity contribution is -0.116. The number of nitrogens with zero attached hydrogens (tertiary/aromatic N) is 2. The molecule has 2 heterocycles. The van der Waals surface area contributed by atoms with Crippen LogP contribution >= 0.6 is 7.26 Å². The van der Waals surface area contributed by atoms with E-state index >= 15 is 0 Å². The van der Waals surface area contributed by atoms with Crippen molar-refractivity contribution < 1.29 is 26.8 Å². The Morgan fingerprint density at radius 3 is 1.80 bits per heavy atom. The van der Waals surface area contributed by atoms with E-state index in [0.717, 1.165) is 0 Å². The van der Waals surface area contributed by atoms with Gasteiger partial charge in [0.15, 0.2) is 0 Å². The van der Waals surface area contributed by atoms with Gasteiger partial charge in [0, 0.05) is 5.57 Å². The summed E-state index contributed by atoms with van der Waals surface area (Å²) in [5.74, 6) is 1.63. The number of carbonyl (C=O) groups is 2. The van der Waals surface area contributed by atoms with E-state index in [9.17, 15) is 22.6 Å². The fourth-order valence-electron chi connectivity index (χ4n) is 5.19. The SMILES string of the molecule is C/C=C/[P+](c1ccccc1)(c1ccccc1)c1ccccc1.CC[C@@H]1C=C(C(N)=O)[C@@H]2CN1C(=O)N2OS(=O)(=O)[O-]. The Morgan fingerprint density at radius 1 is 0.976 bits per heavy atom. The molecule has 1 saturated heterocycles. The largest absolute Gasteiger partial charge is 0.724 e. The van der Waals surface area contributed by atoms with Crippen molar-refractivity contribution in [3.8, 4) is 0 Å². The molecule has 3 amide bonds. The summed E-state index contributed by atoms with van der Waals surface area (Å²) >= 11 is 0. The zero-order chi connectivity index (χ0) is 29.6. The average molecular weight is 594 g/mol. The Bertz CT molecular complexity index is 1440. The van der Waals surface area contributed by atoms with E-state index in [1.54, 1.807) is 6.92 Å². The van der Waals surface area contributed by atoms with Gasteiger partial charge in [0.05, 0.1) is 18.4 Å². The van der Waals surface area contributed by atoms with Gasteiger partial charge in [-0.3, -0.25) is 4.79 Å². The maximum Gasteiger partial charge on any atom is 0.346 e. The predicted molar refractivity (Wildman–Crippen MR) is 160 cm³/mol. The van der Waals surface area contributed by atoms with Crippen molar-refractivity contribution in [1.82, 2.24) is 9.96 Å². The molecular formula is C30H32N3O6PS. The highest BCUT2D eigenvalue weighted by Gasteiger charge is 2.48. The van der Waals surface area contributed by atoms with E-state index in [2.05, 4.69) is 114 Å². The molecule has 2 N–H and O–H groups in total. The van der Waals surface area contributed by atoms with Crippen LogP contribution in [0.15, 0.2) is 115 Å². The molecular weight excluding hydrogens is 561 g/mol. The number of allylic oxidation sites excluding steroid dienone is 1. The summed E-state index contributed by atoms with van der Waals surface area (Å²) in [6.07, 6.45) is 4.21. The quantitative estimate of drug-likeness (QED) is 0.242. The number of hydrogen-bond donors (Lipinski definition) is 1. The number of nitrogens with two attached hydrogens (primary N) is 1. The first kappa shape index (κ1) is 30.1. The van der Waals surface area contributed by atoms with Crippen LogP contribution < -0.4 is 21.6 Å². The third-order valence-corrected chi connectivity index (χ3v) is 11.4. The lowest BCUT2D eigenvalue weighted by Crippen LogP contribution is -2.41. The number of urea groups is 1. The van der Waals surface area contributed by atoms with Gasteiger partial charge in [-0.1, -0.05) is 73.7 Å². The molecule has 9 nitrogen and oxygen atoms in total. The van der Waals surface area contributed by atoms with E-state index in [1.165, 1.54) is 26.9 Å². The molecule has 3 aromatic carbocycles. The lowest BCUT2D eigenvalue weighted by Gasteiger charge is -2.27. The van der Waals surface area contributed by atoms with Crippen molar-refractivity contribution >= 4 is 45.5 Å². The minimum absolute atomic E-state index is 0.0572. The lowest BCUT2D eigenvalue weighted by atomic mass is 9.98. The minimum Gasteiger partial charge on any atom is -0.724 e. The van der Waals surface area contributed by atoms with Gasteiger partial charge in [0.2, 0.25) is 16.3 Å². The molecule has 1 fully saturated rings. The monoisotopic (exact) mass is 593 g/mol. The summed E-state index contributed by atoms with van der Waals surface area (Å²) in [6.45, 7) is 3.96. The van der Waals surface area contributed by atoms with Crippen molar-refractivity contribution in [3.63, 3.8) is 0 Å². The molecule has 11 heteroatoms. The van der Waals surface area contributed by atoms with Gasteiger partial charge in [0.1, 0.15) is 29.2 Å². The topological polar surface area (TPSA) is 133 Å². The fourth-order valence-corrected chi connectivity index (χ4v) is 9.34. The number of primary amides is 1. The summed E-state index contributed by atoms with van der Waals surface area (Å²) in [4.78, 5) is 24.6. The van der Waals surface area contributed by atoms with Crippen molar-refractivity contribution in [3.05, 3.63) is 115 Å². The van der Waals surface area contributed by atoms with E-state index in [-0.39, 0.29) is 18.2 Å². The molecule has 0 radical (unpaired) electrons. The second kappa shape index (κ2) is 12.8. The second-order valence-electron chi connectivity index (χ2n) is 9.43. The number of carbonyl (C=O) groups excluding carboxylic acids is 2. The summed E-state index contributed by atoms with van der Waals surface area (Å²) in [5, 5.41) is 4.58. The smallest absolute Gasteiger partial charge is 0.346 e. The molecule has 0 unspecified atom stereocenters. The van der Waals surface area contributed by atoms with Crippen LogP contribution in [0.1, 0.15) is 20.3 Å². The highest BCUT2D eigenvalue weighted by Crippen LogP contribution is 2.56. The van der Waals surface area contributed by atoms with Crippen LogP contribution in [0.25, 0.3) is 0 Å². The average Bonchev–Trinajstić information content (AvgIpc) is 3.23. The Hall–Kier alpha value is -3.82. The van der Waals surface area contributed by atoms with Crippen LogP contribution in [-0.4, -0.2) is 53.5 Å². The second-order valence-corrected chi connectivity index (χ2v) is 13.7. The molecule has 2 atom stereocenters. The number of rotatable bonds is 8. The van der Waals surface area contributed by atoms with Crippen LogP contribution in [-0.2, 0) is 19.5 Å². The highest BCUT2D eigenvalue weighted by atomic mass is 32.3. The predicted octanol–water partition coefficient (Wildman–Crippen LogP) is 3.20. The van der Waals surface area contributed by atoms with Gasteiger partial charge in [-0.25, -0.2) is 13.2 Å². The third kappa shape index (κ3) is 6.41. The molecule has 0 aromatic heterocycles. The Balaban J connectivity index is 0.000000191. The Labute approximate surface area is 241 Å². The minimum atomic E-state index is -5.10. The van der Waals surface area contributed by atoms with Gasteiger partial charge in [-0.2, -0.15) is 9.35 Å². The molecule has 3 aromatic rings. The number of benzene rings is 3. The first-order valence-corrected chi connectivity index (χ1v) is 16.3. The van der Waals surface area contributed by atoms with Crippen LogP contribution in [0.3, 0.4) is 0 Å². The van der Waals surface area contributed by atoms with E-state index < -0.39 is 35.6 Å². The Morgan fingerprint density at radius 2 is 1.44 bits per heavy atom. The van der Waals surface area contributed by atoms with Gasteiger partial charge in [-0.05, 0) is 49.7 Å². The van der Waals surface area contributed by atoms with E-state index in [4.69, 9.17) is 5.73 Å². The number of amides is 3. The zero-order valence-electron chi connectivity index (χ0n) is 22.7. The standard InChI is InChI=1S/C21H20P.C9H13N3O6S/c1-2-18-22(19-12-6-3-7-13-19,20-14-8-4-9-15-20)21-16-10-5-11-17-21;1-2-5-3-6(8(10)13)7-4-11(5)9(14)12(7)18-19(15,16)17/h2-18H,1H3;3,5,7H,2,4H2,1H3,(H2,10,13)(H,15,16,17)/q+1;/p-1/b18-2+;/t;5-,7+/m.1/s1. The van der Waals surface area contributed by atoms with Crippen molar-refractivity contribution in [2.24, 2.45) is 5.73 Å². The highest BCUT2D eigenvalue weighted by molar-refractivity contribution is 7.98. The molecule has 2 bridgehead atoms. The number of fused-ring (bicyclic) bond motifs is 2.